The van der Waals surface area contributed by atoms with Crippen LogP contribution in [0, 0.1) is 17.8 Å². The van der Waals surface area contributed by atoms with Crippen LogP contribution in [0.4, 0.5) is 0 Å². The lowest BCUT2D eigenvalue weighted by molar-refractivity contribution is -0.132. The van der Waals surface area contributed by atoms with Crippen molar-refractivity contribution in [3.63, 3.8) is 0 Å². The summed E-state index contributed by atoms with van der Waals surface area (Å²) in [7, 11) is 0. The van der Waals surface area contributed by atoms with Gasteiger partial charge in [-0.1, -0.05) is 6.42 Å². The Labute approximate surface area is 128 Å². The number of nitrogens with zero attached hydrogens (tertiary/aromatic N) is 1. The first-order valence-corrected chi connectivity index (χ1v) is 9.20. The molecule has 0 aromatic carbocycles. The molecule has 5 fully saturated rings. The predicted octanol–water partition coefficient (Wildman–Crippen LogP) is 2.95. The van der Waals surface area contributed by atoms with E-state index >= 15 is 0 Å². The standard InChI is InChI=1S/C18H30N2O/c1-13(20-5-3-2-4-6-20)17(21)19-18-10-14-7-15(11-18)9-16(8-14)12-18/h13-16H,2-12H2,1H3,(H,19,21)/t13-,14?,15?,16?,18?/m0/s1. The maximum absolute atomic E-state index is 12.8. The molecule has 3 heteroatoms. The Morgan fingerprint density at radius 2 is 1.52 bits per heavy atom. The van der Waals surface area contributed by atoms with Crippen LogP contribution in [-0.4, -0.2) is 35.5 Å². The van der Waals surface area contributed by atoms with E-state index < -0.39 is 0 Å². The van der Waals surface area contributed by atoms with E-state index in [4.69, 9.17) is 0 Å². The van der Waals surface area contributed by atoms with Crippen molar-refractivity contribution in [2.24, 2.45) is 17.8 Å². The Bertz CT molecular complexity index is 378. The second-order valence-corrected chi connectivity index (χ2v) is 8.46. The molecule has 4 saturated carbocycles. The molecule has 0 aromatic rings. The summed E-state index contributed by atoms with van der Waals surface area (Å²) >= 11 is 0. The summed E-state index contributed by atoms with van der Waals surface area (Å²) in [6, 6.07) is 0.0679. The van der Waals surface area contributed by atoms with Crippen molar-refractivity contribution in [1.29, 1.82) is 0 Å². The zero-order chi connectivity index (χ0) is 14.4. The van der Waals surface area contributed by atoms with Gasteiger partial charge in [-0.15, -0.1) is 0 Å². The molecule has 4 bridgehead atoms. The van der Waals surface area contributed by atoms with Crippen molar-refractivity contribution in [2.45, 2.75) is 76.3 Å². The zero-order valence-electron chi connectivity index (χ0n) is 13.4. The first kappa shape index (κ1) is 14.0. The van der Waals surface area contributed by atoms with Crippen LogP contribution in [0.2, 0.25) is 0 Å². The van der Waals surface area contributed by atoms with Crippen molar-refractivity contribution in [3.8, 4) is 0 Å². The van der Waals surface area contributed by atoms with Gasteiger partial charge in [-0.3, -0.25) is 9.69 Å². The van der Waals surface area contributed by atoms with Gasteiger partial charge in [0.25, 0.3) is 0 Å². The number of carbonyl (C=O) groups is 1. The average molecular weight is 290 g/mol. The molecule has 0 radical (unpaired) electrons. The summed E-state index contributed by atoms with van der Waals surface area (Å²) in [5.74, 6) is 3.02. The normalized spacial score (nSPS) is 43.8. The van der Waals surface area contributed by atoms with Crippen molar-refractivity contribution >= 4 is 5.91 Å². The molecule has 1 heterocycles. The minimum atomic E-state index is 0.0679. The molecule has 0 aromatic heterocycles. The summed E-state index contributed by atoms with van der Waals surface area (Å²) < 4.78 is 0. The number of hydrogen-bond donors (Lipinski definition) is 1. The van der Waals surface area contributed by atoms with E-state index in [-0.39, 0.29) is 11.6 Å². The van der Waals surface area contributed by atoms with Gasteiger partial charge < -0.3 is 5.32 Å². The molecular weight excluding hydrogens is 260 g/mol. The van der Waals surface area contributed by atoms with E-state index in [1.807, 2.05) is 0 Å². The number of carbonyl (C=O) groups excluding carboxylic acids is 1. The van der Waals surface area contributed by atoms with Crippen LogP contribution in [0.1, 0.15) is 64.7 Å². The zero-order valence-corrected chi connectivity index (χ0v) is 13.4. The van der Waals surface area contributed by atoms with Crippen LogP contribution >= 0.6 is 0 Å². The lowest BCUT2D eigenvalue weighted by atomic mass is 9.53. The molecule has 118 valence electrons. The second-order valence-electron chi connectivity index (χ2n) is 8.46. The first-order chi connectivity index (χ1) is 10.1. The largest absolute Gasteiger partial charge is 0.349 e. The summed E-state index contributed by atoms with van der Waals surface area (Å²) in [6.07, 6.45) is 12.0. The molecule has 0 unspecified atom stereocenters. The molecule has 5 aliphatic rings. The number of nitrogens with one attached hydrogen (secondary N) is 1. The van der Waals surface area contributed by atoms with E-state index in [0.29, 0.717) is 5.91 Å². The highest BCUT2D eigenvalue weighted by Crippen LogP contribution is 2.55. The second kappa shape index (κ2) is 5.26. The highest BCUT2D eigenvalue weighted by atomic mass is 16.2. The Morgan fingerprint density at radius 3 is 2.05 bits per heavy atom. The molecule has 1 atom stereocenters. The number of rotatable bonds is 3. The smallest absolute Gasteiger partial charge is 0.237 e. The van der Waals surface area contributed by atoms with Crippen molar-refractivity contribution in [1.82, 2.24) is 10.2 Å². The lowest BCUT2D eigenvalue weighted by Gasteiger charge is -2.57. The highest BCUT2D eigenvalue weighted by Gasteiger charge is 2.51. The molecule has 5 rings (SSSR count). The summed E-state index contributed by atoms with van der Waals surface area (Å²) in [6.45, 7) is 4.33. The van der Waals surface area contributed by atoms with Gasteiger partial charge in [-0.2, -0.15) is 0 Å². The van der Waals surface area contributed by atoms with Crippen LogP contribution < -0.4 is 5.32 Å². The molecule has 1 aliphatic heterocycles. The lowest BCUT2D eigenvalue weighted by Crippen LogP contribution is -2.62. The van der Waals surface area contributed by atoms with Gasteiger partial charge >= 0.3 is 0 Å². The first-order valence-electron chi connectivity index (χ1n) is 9.20. The fraction of sp³-hybridized carbons (Fsp3) is 0.944. The van der Waals surface area contributed by atoms with E-state index in [1.165, 1.54) is 57.8 Å². The Kier molecular flexibility index (Phi) is 3.52. The van der Waals surface area contributed by atoms with Gasteiger partial charge in [0, 0.05) is 5.54 Å². The Hall–Kier alpha value is -0.570. The maximum atomic E-state index is 12.8. The van der Waals surface area contributed by atoms with Gasteiger partial charge in [0.2, 0.25) is 5.91 Å². The summed E-state index contributed by atoms with van der Waals surface area (Å²) in [4.78, 5) is 15.2. The van der Waals surface area contributed by atoms with Gasteiger partial charge in [0.1, 0.15) is 0 Å². The van der Waals surface area contributed by atoms with Gasteiger partial charge in [0.05, 0.1) is 6.04 Å². The van der Waals surface area contributed by atoms with Crippen LogP contribution in [0.25, 0.3) is 0 Å². The molecule has 21 heavy (non-hydrogen) atoms. The maximum Gasteiger partial charge on any atom is 0.237 e. The number of likely N-dealkylation sites (tertiary alicyclic amines) is 1. The minimum Gasteiger partial charge on any atom is -0.349 e. The Morgan fingerprint density at radius 1 is 1.00 bits per heavy atom. The fourth-order valence-electron chi connectivity index (χ4n) is 6.10. The molecule has 3 nitrogen and oxygen atoms in total. The molecule has 0 spiro atoms. The van der Waals surface area contributed by atoms with Gasteiger partial charge in [-0.25, -0.2) is 0 Å². The van der Waals surface area contributed by atoms with E-state index in [9.17, 15) is 4.79 Å². The fourth-order valence-corrected chi connectivity index (χ4v) is 6.10. The predicted molar refractivity (Wildman–Crippen MR) is 83.9 cm³/mol. The summed E-state index contributed by atoms with van der Waals surface area (Å²) in [5.41, 5.74) is 0.176. The van der Waals surface area contributed by atoms with Crippen molar-refractivity contribution in [2.75, 3.05) is 13.1 Å². The topological polar surface area (TPSA) is 32.3 Å². The Balaban J connectivity index is 1.42. The third-order valence-corrected chi connectivity index (χ3v) is 6.74. The van der Waals surface area contributed by atoms with E-state index in [1.54, 1.807) is 0 Å². The molecule has 1 N–H and O–H groups in total. The number of piperidine rings is 1. The minimum absolute atomic E-state index is 0.0679. The third kappa shape index (κ3) is 2.62. The SMILES string of the molecule is C[C@@H](C(=O)NC12CC3CC(CC(C3)C1)C2)N1CCCCC1. The molecule has 4 aliphatic carbocycles. The van der Waals surface area contributed by atoms with Crippen LogP contribution in [0.3, 0.4) is 0 Å². The van der Waals surface area contributed by atoms with Gasteiger partial charge in [0.15, 0.2) is 0 Å². The third-order valence-electron chi connectivity index (χ3n) is 6.74. The summed E-state index contributed by atoms with van der Waals surface area (Å²) in [5, 5.41) is 3.54. The molecular formula is C18H30N2O. The number of amides is 1. The molecule has 1 amide bonds. The van der Waals surface area contributed by atoms with Crippen LogP contribution in [0.5, 0.6) is 0 Å². The van der Waals surface area contributed by atoms with Gasteiger partial charge in [-0.05, 0) is 89.1 Å². The van der Waals surface area contributed by atoms with Crippen LogP contribution in [-0.2, 0) is 4.79 Å². The monoisotopic (exact) mass is 290 g/mol. The highest BCUT2D eigenvalue weighted by molar-refractivity contribution is 5.82. The van der Waals surface area contributed by atoms with Crippen molar-refractivity contribution in [3.05, 3.63) is 0 Å². The average Bonchev–Trinajstić information content (AvgIpc) is 2.45. The quantitative estimate of drug-likeness (QED) is 0.867. The van der Waals surface area contributed by atoms with E-state index in [2.05, 4.69) is 17.1 Å². The van der Waals surface area contributed by atoms with Crippen molar-refractivity contribution < 1.29 is 4.79 Å². The number of hydrogen-bond acceptors (Lipinski definition) is 2. The molecule has 1 saturated heterocycles. The van der Waals surface area contributed by atoms with Crippen LogP contribution in [0.15, 0.2) is 0 Å². The van der Waals surface area contributed by atoms with E-state index in [0.717, 1.165) is 30.8 Å².